The topological polar surface area (TPSA) is 99.0 Å². The van der Waals surface area contributed by atoms with Crippen LogP contribution in [0.5, 0.6) is 0 Å². The van der Waals surface area contributed by atoms with Crippen molar-refractivity contribution < 1.29 is 4.79 Å². The van der Waals surface area contributed by atoms with Crippen LogP contribution in [0.25, 0.3) is 0 Å². The number of carbonyl (C=O) groups excluding carboxylic acids is 1. The fraction of sp³-hybridized carbons (Fsp3) is 0.636. The minimum Gasteiger partial charge on any atom is -0.394 e. The molecular weight excluding hydrogens is 218 g/mol. The Kier molecular flexibility index (Phi) is 3.35. The molecule has 1 aromatic rings. The molecule has 6 nitrogen and oxygen atoms in total. The van der Waals surface area contributed by atoms with Crippen LogP contribution >= 0.6 is 0 Å². The number of hydrogen-bond donors (Lipinski definition) is 3. The van der Waals surface area contributed by atoms with Crippen LogP contribution in [0.2, 0.25) is 0 Å². The van der Waals surface area contributed by atoms with Crippen molar-refractivity contribution >= 4 is 17.4 Å². The predicted octanol–water partition coefficient (Wildman–Crippen LogP) is 1.03. The van der Waals surface area contributed by atoms with Crippen LogP contribution in [0.3, 0.4) is 0 Å². The van der Waals surface area contributed by atoms with Crippen molar-refractivity contribution in [3.8, 4) is 0 Å². The van der Waals surface area contributed by atoms with Crippen LogP contribution in [0.1, 0.15) is 39.4 Å². The zero-order chi connectivity index (χ0) is 13.4. The number of primary amides is 1. The number of hydrogen-bond acceptors (Lipinski definition) is 4. The standard InChI is InChI=1S/C11H21N5O/c1-6(2)16-9(8(12)7(3)15-16)14-11(4,5)10(13)17/h6,14H,12H2,1-5H3,(H2,13,17). The number of nitrogens with two attached hydrogens (primary N) is 2. The Morgan fingerprint density at radius 1 is 1.47 bits per heavy atom. The highest BCUT2D eigenvalue weighted by atomic mass is 16.1. The Labute approximate surface area is 101 Å². The van der Waals surface area contributed by atoms with Gasteiger partial charge in [0.1, 0.15) is 11.4 Å². The zero-order valence-corrected chi connectivity index (χ0v) is 11.0. The van der Waals surface area contributed by atoms with Gasteiger partial charge in [-0.2, -0.15) is 5.10 Å². The van der Waals surface area contributed by atoms with E-state index >= 15 is 0 Å². The van der Waals surface area contributed by atoms with E-state index in [-0.39, 0.29) is 6.04 Å². The Morgan fingerprint density at radius 3 is 2.41 bits per heavy atom. The molecule has 1 amide bonds. The third-order valence-corrected chi connectivity index (χ3v) is 2.67. The van der Waals surface area contributed by atoms with Crippen molar-refractivity contribution in [1.29, 1.82) is 0 Å². The van der Waals surface area contributed by atoms with Gasteiger partial charge in [-0.05, 0) is 34.6 Å². The van der Waals surface area contributed by atoms with Crippen molar-refractivity contribution in [3.63, 3.8) is 0 Å². The number of nitrogen functional groups attached to an aromatic ring is 1. The van der Waals surface area contributed by atoms with E-state index in [1.807, 2.05) is 20.8 Å². The van der Waals surface area contributed by atoms with Crippen LogP contribution in [0.15, 0.2) is 0 Å². The lowest BCUT2D eigenvalue weighted by Crippen LogP contribution is -2.45. The second-order valence-corrected chi connectivity index (χ2v) is 5.00. The van der Waals surface area contributed by atoms with Gasteiger partial charge in [0.2, 0.25) is 5.91 Å². The average molecular weight is 239 g/mol. The number of nitrogens with one attached hydrogen (secondary N) is 1. The molecule has 1 rings (SSSR count). The van der Waals surface area contributed by atoms with Crippen molar-refractivity contribution in [3.05, 3.63) is 5.69 Å². The lowest BCUT2D eigenvalue weighted by atomic mass is 10.1. The zero-order valence-electron chi connectivity index (χ0n) is 11.0. The van der Waals surface area contributed by atoms with E-state index in [0.29, 0.717) is 11.5 Å². The molecule has 0 saturated heterocycles. The summed E-state index contributed by atoms with van der Waals surface area (Å²) >= 11 is 0. The molecular formula is C11H21N5O. The summed E-state index contributed by atoms with van der Waals surface area (Å²) in [6.07, 6.45) is 0. The van der Waals surface area contributed by atoms with Gasteiger partial charge in [0.15, 0.2) is 0 Å². The normalized spacial score (nSPS) is 11.9. The van der Waals surface area contributed by atoms with Crippen LogP contribution in [-0.2, 0) is 4.79 Å². The molecule has 0 aromatic carbocycles. The first kappa shape index (κ1) is 13.3. The van der Waals surface area contributed by atoms with Crippen molar-refractivity contribution in [2.24, 2.45) is 5.73 Å². The highest BCUT2D eigenvalue weighted by Gasteiger charge is 2.28. The van der Waals surface area contributed by atoms with E-state index in [2.05, 4.69) is 10.4 Å². The number of aryl methyl sites for hydroxylation is 1. The third kappa shape index (κ3) is 2.51. The van der Waals surface area contributed by atoms with Gasteiger partial charge in [-0.3, -0.25) is 4.79 Å². The Bertz CT molecular complexity index is 433. The van der Waals surface area contributed by atoms with E-state index in [1.165, 1.54) is 0 Å². The number of nitrogens with zero attached hydrogens (tertiary/aromatic N) is 2. The molecule has 0 aliphatic rings. The summed E-state index contributed by atoms with van der Waals surface area (Å²) < 4.78 is 1.76. The average Bonchev–Trinajstić information content (AvgIpc) is 2.45. The minimum absolute atomic E-state index is 0.150. The predicted molar refractivity (Wildman–Crippen MR) is 68.7 cm³/mol. The molecule has 0 bridgehead atoms. The number of aromatic nitrogens is 2. The van der Waals surface area contributed by atoms with Crippen molar-refractivity contribution in [1.82, 2.24) is 9.78 Å². The summed E-state index contributed by atoms with van der Waals surface area (Å²) in [5.41, 5.74) is 11.7. The molecule has 5 N–H and O–H groups in total. The van der Waals surface area contributed by atoms with Crippen LogP contribution in [0, 0.1) is 6.92 Å². The van der Waals surface area contributed by atoms with Gasteiger partial charge in [0, 0.05) is 6.04 Å². The first-order chi connectivity index (χ1) is 7.66. The molecule has 0 atom stereocenters. The molecule has 0 fully saturated rings. The van der Waals surface area contributed by atoms with Gasteiger partial charge in [-0.25, -0.2) is 4.68 Å². The lowest BCUT2D eigenvalue weighted by Gasteiger charge is -2.25. The van der Waals surface area contributed by atoms with E-state index in [4.69, 9.17) is 11.5 Å². The smallest absolute Gasteiger partial charge is 0.242 e. The second-order valence-electron chi connectivity index (χ2n) is 5.00. The van der Waals surface area contributed by atoms with Gasteiger partial charge in [-0.15, -0.1) is 0 Å². The fourth-order valence-corrected chi connectivity index (χ4v) is 1.42. The number of amides is 1. The van der Waals surface area contributed by atoms with Crippen LogP contribution in [0.4, 0.5) is 11.5 Å². The third-order valence-electron chi connectivity index (χ3n) is 2.67. The summed E-state index contributed by atoms with van der Waals surface area (Å²) in [4.78, 5) is 11.3. The largest absolute Gasteiger partial charge is 0.394 e. The van der Waals surface area contributed by atoms with E-state index in [1.54, 1.807) is 18.5 Å². The molecule has 1 aromatic heterocycles. The molecule has 6 heteroatoms. The van der Waals surface area contributed by atoms with Crippen molar-refractivity contribution in [2.75, 3.05) is 11.1 Å². The maximum absolute atomic E-state index is 11.3. The summed E-state index contributed by atoms with van der Waals surface area (Å²) in [7, 11) is 0. The Balaban J connectivity index is 3.18. The van der Waals surface area contributed by atoms with Gasteiger partial charge in [0.05, 0.1) is 11.4 Å². The second kappa shape index (κ2) is 4.27. The fourth-order valence-electron chi connectivity index (χ4n) is 1.42. The SMILES string of the molecule is Cc1nn(C(C)C)c(NC(C)(C)C(N)=O)c1N. The van der Waals surface area contributed by atoms with Gasteiger partial charge in [-0.1, -0.05) is 0 Å². The summed E-state index contributed by atoms with van der Waals surface area (Å²) in [6, 6.07) is 0.150. The molecule has 96 valence electrons. The molecule has 0 aliphatic carbocycles. The first-order valence-corrected chi connectivity index (χ1v) is 5.59. The Morgan fingerprint density at radius 2 is 2.00 bits per heavy atom. The maximum atomic E-state index is 11.3. The molecule has 17 heavy (non-hydrogen) atoms. The van der Waals surface area contributed by atoms with Crippen LogP contribution in [-0.4, -0.2) is 21.2 Å². The maximum Gasteiger partial charge on any atom is 0.242 e. The number of anilines is 2. The van der Waals surface area contributed by atoms with Crippen LogP contribution < -0.4 is 16.8 Å². The van der Waals surface area contributed by atoms with E-state index in [0.717, 1.165) is 5.69 Å². The highest BCUT2D eigenvalue weighted by molar-refractivity contribution is 5.87. The molecule has 0 spiro atoms. The number of carbonyl (C=O) groups is 1. The quantitative estimate of drug-likeness (QED) is 0.730. The van der Waals surface area contributed by atoms with Gasteiger partial charge >= 0.3 is 0 Å². The molecule has 0 aliphatic heterocycles. The summed E-state index contributed by atoms with van der Waals surface area (Å²) in [6.45, 7) is 9.24. The first-order valence-electron chi connectivity index (χ1n) is 5.59. The Hall–Kier alpha value is -1.72. The minimum atomic E-state index is -0.868. The monoisotopic (exact) mass is 239 g/mol. The lowest BCUT2D eigenvalue weighted by molar-refractivity contribution is -0.121. The van der Waals surface area contributed by atoms with Gasteiger partial charge < -0.3 is 16.8 Å². The van der Waals surface area contributed by atoms with Gasteiger partial charge in [0.25, 0.3) is 0 Å². The summed E-state index contributed by atoms with van der Waals surface area (Å²) in [5.74, 6) is 0.201. The summed E-state index contributed by atoms with van der Waals surface area (Å²) in [5, 5.41) is 7.39. The highest BCUT2D eigenvalue weighted by Crippen LogP contribution is 2.28. The van der Waals surface area contributed by atoms with E-state index in [9.17, 15) is 4.79 Å². The molecule has 0 radical (unpaired) electrons. The molecule has 0 unspecified atom stereocenters. The van der Waals surface area contributed by atoms with Crippen molar-refractivity contribution in [2.45, 2.75) is 46.2 Å². The molecule has 0 saturated carbocycles. The molecule has 1 heterocycles. The van der Waals surface area contributed by atoms with E-state index < -0.39 is 11.4 Å². The number of rotatable bonds is 4.